The first-order valence-electron chi connectivity index (χ1n) is 9.76. The number of halogens is 3. The van der Waals surface area contributed by atoms with Crippen LogP contribution in [0.5, 0.6) is 0 Å². The highest BCUT2D eigenvalue weighted by molar-refractivity contribution is 5.94. The van der Waals surface area contributed by atoms with E-state index in [-0.39, 0.29) is 19.0 Å². The molecule has 2 amide bonds. The fourth-order valence-corrected chi connectivity index (χ4v) is 2.90. The van der Waals surface area contributed by atoms with Crippen molar-refractivity contribution < 1.29 is 22.8 Å². The van der Waals surface area contributed by atoms with Crippen molar-refractivity contribution in [3.8, 4) is 0 Å². The molecule has 0 atom stereocenters. The molecule has 2 aromatic carbocycles. The van der Waals surface area contributed by atoms with Gasteiger partial charge in [-0.3, -0.25) is 14.5 Å². The van der Waals surface area contributed by atoms with E-state index in [0.717, 1.165) is 17.7 Å². The number of carbonyl (C=O) groups excluding carboxylic acids is 2. The summed E-state index contributed by atoms with van der Waals surface area (Å²) in [4.78, 5) is 26.2. The smallest absolute Gasteiger partial charge is 0.238 e. The lowest BCUT2D eigenvalue weighted by molar-refractivity contribution is -0.120. The van der Waals surface area contributed by atoms with Gasteiger partial charge in [-0.2, -0.15) is 0 Å². The van der Waals surface area contributed by atoms with Crippen molar-refractivity contribution in [3.63, 3.8) is 0 Å². The van der Waals surface area contributed by atoms with Crippen LogP contribution in [0.4, 0.5) is 24.5 Å². The maximum absolute atomic E-state index is 13.7. The minimum Gasteiger partial charge on any atom is -0.325 e. The number of benzene rings is 2. The van der Waals surface area contributed by atoms with Crippen LogP contribution < -0.4 is 10.6 Å². The summed E-state index contributed by atoms with van der Waals surface area (Å²) in [5, 5.41) is 4.99. The molecule has 0 saturated heterocycles. The first-order chi connectivity index (χ1) is 14.2. The molecule has 8 heteroatoms. The Hall–Kier alpha value is -2.87. The summed E-state index contributed by atoms with van der Waals surface area (Å²) < 4.78 is 40.1. The minimum absolute atomic E-state index is 0.0482. The van der Waals surface area contributed by atoms with Gasteiger partial charge in [-0.1, -0.05) is 32.9 Å². The molecule has 0 bridgehead atoms. The summed E-state index contributed by atoms with van der Waals surface area (Å²) >= 11 is 0. The third-order valence-corrected chi connectivity index (χ3v) is 4.44. The molecule has 162 valence electrons. The van der Waals surface area contributed by atoms with Gasteiger partial charge in [-0.15, -0.1) is 0 Å². The molecule has 2 N–H and O–H groups in total. The largest absolute Gasteiger partial charge is 0.325 e. The van der Waals surface area contributed by atoms with E-state index in [9.17, 15) is 22.8 Å². The van der Waals surface area contributed by atoms with Gasteiger partial charge >= 0.3 is 0 Å². The zero-order valence-corrected chi connectivity index (χ0v) is 17.3. The maximum atomic E-state index is 13.7. The number of nitrogens with one attached hydrogen (secondary N) is 2. The fraction of sp³-hybridized carbons (Fsp3) is 0.364. The molecule has 0 saturated carbocycles. The highest BCUT2D eigenvalue weighted by Crippen LogP contribution is 2.20. The van der Waals surface area contributed by atoms with E-state index in [4.69, 9.17) is 0 Å². The molecule has 5 nitrogen and oxygen atoms in total. The van der Waals surface area contributed by atoms with Crippen molar-refractivity contribution in [3.05, 3.63) is 59.4 Å². The second-order valence-electron chi connectivity index (χ2n) is 7.31. The van der Waals surface area contributed by atoms with Crippen LogP contribution in [-0.4, -0.2) is 36.3 Å². The normalized spacial score (nSPS) is 11.1. The summed E-state index contributed by atoms with van der Waals surface area (Å²) in [5.74, 6) is -5.01. The lowest BCUT2D eigenvalue weighted by Gasteiger charge is -2.21. The van der Waals surface area contributed by atoms with Gasteiger partial charge in [-0.05, 0) is 48.7 Å². The lowest BCUT2D eigenvalue weighted by atomic mass is 10.0. The molecule has 2 rings (SSSR count). The molecular weight excluding hydrogens is 395 g/mol. The molecule has 0 radical (unpaired) electrons. The number of nitrogens with zero attached hydrogens (tertiary/aromatic N) is 1. The molecule has 0 spiro atoms. The number of carbonyl (C=O) groups is 2. The molecule has 0 aliphatic heterocycles. The molecular formula is C22H26F3N3O2. The van der Waals surface area contributed by atoms with Gasteiger partial charge in [0.1, 0.15) is 0 Å². The third kappa shape index (κ3) is 6.59. The van der Waals surface area contributed by atoms with Crippen LogP contribution in [0.15, 0.2) is 36.4 Å². The fourth-order valence-electron chi connectivity index (χ4n) is 2.90. The summed E-state index contributed by atoms with van der Waals surface area (Å²) in [7, 11) is 0. The van der Waals surface area contributed by atoms with Gasteiger partial charge in [0.2, 0.25) is 11.8 Å². The monoisotopic (exact) mass is 421 g/mol. The summed E-state index contributed by atoms with van der Waals surface area (Å²) in [6, 6.07) is 9.19. The highest BCUT2D eigenvalue weighted by atomic mass is 19.2. The van der Waals surface area contributed by atoms with E-state index < -0.39 is 29.0 Å². The first-order valence-corrected chi connectivity index (χ1v) is 9.76. The Kier molecular flexibility index (Phi) is 8.41. The summed E-state index contributed by atoms with van der Waals surface area (Å²) in [6.07, 6.45) is 0.684. The van der Waals surface area contributed by atoms with E-state index >= 15 is 0 Å². The molecule has 0 aromatic heterocycles. The molecule has 2 aromatic rings. The zero-order valence-electron chi connectivity index (χ0n) is 17.3. The predicted molar refractivity (Wildman–Crippen MR) is 111 cm³/mol. The third-order valence-electron chi connectivity index (χ3n) is 4.44. The number of anilines is 2. The van der Waals surface area contributed by atoms with E-state index in [2.05, 4.69) is 24.5 Å². The van der Waals surface area contributed by atoms with Crippen LogP contribution in [0.1, 0.15) is 38.7 Å². The first kappa shape index (κ1) is 23.4. The summed E-state index contributed by atoms with van der Waals surface area (Å²) in [6.45, 7) is 6.25. The Balaban J connectivity index is 1.95. The standard InChI is InChI=1S/C22H26F3N3O2/c1-4-11-28(12-19(29)26-16-7-5-15(6-8-16)14(2)3)13-20(30)27-18-10-9-17(23)21(24)22(18)25/h5-10,14H,4,11-13H2,1-3H3,(H,26,29)(H,27,30). The number of hydrogen-bond donors (Lipinski definition) is 2. The SMILES string of the molecule is CCCN(CC(=O)Nc1ccc(C(C)C)cc1)CC(=O)Nc1ccc(F)c(F)c1F. The second kappa shape index (κ2) is 10.8. The van der Waals surface area contributed by atoms with E-state index in [0.29, 0.717) is 24.6 Å². The van der Waals surface area contributed by atoms with Crippen LogP contribution in [-0.2, 0) is 9.59 Å². The van der Waals surface area contributed by atoms with Crippen molar-refractivity contribution in [1.29, 1.82) is 0 Å². The topological polar surface area (TPSA) is 61.4 Å². The van der Waals surface area contributed by atoms with Crippen LogP contribution in [0.25, 0.3) is 0 Å². The van der Waals surface area contributed by atoms with Crippen molar-refractivity contribution in [2.45, 2.75) is 33.1 Å². The van der Waals surface area contributed by atoms with Gasteiger partial charge in [0.15, 0.2) is 17.5 Å². The van der Waals surface area contributed by atoms with Crippen LogP contribution >= 0.6 is 0 Å². The van der Waals surface area contributed by atoms with Crippen molar-refractivity contribution >= 4 is 23.2 Å². The summed E-state index contributed by atoms with van der Waals surface area (Å²) in [5.41, 5.74) is 1.35. The second-order valence-corrected chi connectivity index (χ2v) is 7.31. The Morgan fingerprint density at radius 2 is 1.50 bits per heavy atom. The number of rotatable bonds is 9. The molecule has 0 unspecified atom stereocenters. The Labute approximate surface area is 174 Å². The van der Waals surface area contributed by atoms with Gasteiger partial charge < -0.3 is 10.6 Å². The quantitative estimate of drug-likeness (QED) is 0.586. The van der Waals surface area contributed by atoms with Crippen molar-refractivity contribution in [1.82, 2.24) is 4.90 Å². The average molecular weight is 421 g/mol. The van der Waals surface area contributed by atoms with Crippen LogP contribution in [0.3, 0.4) is 0 Å². The predicted octanol–water partition coefficient (Wildman–Crippen LogP) is 4.52. The number of hydrogen-bond acceptors (Lipinski definition) is 3. The minimum atomic E-state index is -1.65. The molecule has 0 aliphatic carbocycles. The molecule has 30 heavy (non-hydrogen) atoms. The number of amides is 2. The molecule has 0 heterocycles. The molecule has 0 aliphatic rings. The lowest BCUT2D eigenvalue weighted by Crippen LogP contribution is -2.39. The van der Waals surface area contributed by atoms with Crippen LogP contribution in [0, 0.1) is 17.5 Å². The highest BCUT2D eigenvalue weighted by Gasteiger charge is 2.18. The van der Waals surface area contributed by atoms with Crippen LogP contribution in [0.2, 0.25) is 0 Å². The van der Waals surface area contributed by atoms with Gasteiger partial charge in [0.05, 0.1) is 18.8 Å². The van der Waals surface area contributed by atoms with Gasteiger partial charge in [0.25, 0.3) is 0 Å². The van der Waals surface area contributed by atoms with Crippen molar-refractivity contribution in [2.75, 3.05) is 30.3 Å². The van der Waals surface area contributed by atoms with Gasteiger partial charge in [-0.25, -0.2) is 13.2 Å². The van der Waals surface area contributed by atoms with Gasteiger partial charge in [0, 0.05) is 5.69 Å². The van der Waals surface area contributed by atoms with E-state index in [1.54, 1.807) is 4.90 Å². The zero-order chi connectivity index (χ0) is 22.3. The maximum Gasteiger partial charge on any atom is 0.238 e. The molecule has 0 fully saturated rings. The van der Waals surface area contributed by atoms with E-state index in [1.165, 1.54) is 0 Å². The Bertz CT molecular complexity index is 886. The van der Waals surface area contributed by atoms with E-state index in [1.807, 2.05) is 31.2 Å². The average Bonchev–Trinajstić information content (AvgIpc) is 2.69. The Morgan fingerprint density at radius 3 is 2.07 bits per heavy atom. The van der Waals surface area contributed by atoms with Crippen molar-refractivity contribution in [2.24, 2.45) is 0 Å². The Morgan fingerprint density at radius 1 is 0.900 bits per heavy atom.